The van der Waals surface area contributed by atoms with E-state index in [1.165, 1.54) is 12.1 Å². The number of halogens is 1. The monoisotopic (exact) mass is 448 g/mol. The SMILES string of the molecule is O=C1OC2(CCN(C(=O)CCNS(=O)(=O)c3cccc(Cl)c3)CC2)c2ccccc21. The van der Waals surface area contributed by atoms with Gasteiger partial charge in [-0.3, -0.25) is 4.79 Å². The van der Waals surface area contributed by atoms with Crippen LogP contribution in [0.25, 0.3) is 0 Å². The molecule has 2 aromatic carbocycles. The van der Waals surface area contributed by atoms with Gasteiger partial charge in [0.05, 0.1) is 10.5 Å². The maximum Gasteiger partial charge on any atom is 0.339 e. The van der Waals surface area contributed by atoms with E-state index in [0.717, 1.165) is 5.56 Å². The van der Waals surface area contributed by atoms with Crippen molar-refractivity contribution in [2.75, 3.05) is 19.6 Å². The number of hydrogen-bond donors (Lipinski definition) is 1. The Labute approximate surface area is 180 Å². The Balaban J connectivity index is 1.32. The fourth-order valence-corrected chi connectivity index (χ4v) is 5.33. The summed E-state index contributed by atoms with van der Waals surface area (Å²) in [4.78, 5) is 26.4. The second-order valence-electron chi connectivity index (χ2n) is 7.42. The molecule has 9 heteroatoms. The number of amides is 1. The molecule has 1 spiro atoms. The molecule has 0 unspecified atom stereocenters. The second kappa shape index (κ2) is 8.02. The number of hydrogen-bond acceptors (Lipinski definition) is 5. The van der Waals surface area contributed by atoms with Crippen molar-refractivity contribution in [3.63, 3.8) is 0 Å². The van der Waals surface area contributed by atoms with Gasteiger partial charge >= 0.3 is 5.97 Å². The van der Waals surface area contributed by atoms with Crippen molar-refractivity contribution in [1.29, 1.82) is 0 Å². The van der Waals surface area contributed by atoms with Gasteiger partial charge in [0.1, 0.15) is 5.60 Å². The van der Waals surface area contributed by atoms with Gasteiger partial charge in [-0.15, -0.1) is 0 Å². The van der Waals surface area contributed by atoms with E-state index in [-0.39, 0.29) is 29.7 Å². The molecule has 0 saturated carbocycles. The van der Waals surface area contributed by atoms with E-state index < -0.39 is 15.6 Å². The minimum absolute atomic E-state index is 0.00680. The van der Waals surface area contributed by atoms with Crippen LogP contribution >= 0.6 is 11.6 Å². The minimum atomic E-state index is -3.73. The highest BCUT2D eigenvalue weighted by Gasteiger charge is 2.47. The Morgan fingerprint density at radius 3 is 2.60 bits per heavy atom. The summed E-state index contributed by atoms with van der Waals surface area (Å²) in [5.41, 5.74) is 0.808. The van der Waals surface area contributed by atoms with Crippen LogP contribution in [0.2, 0.25) is 5.02 Å². The molecule has 2 aliphatic heterocycles. The molecular formula is C21H21ClN2O5S. The second-order valence-corrected chi connectivity index (χ2v) is 9.62. The van der Waals surface area contributed by atoms with E-state index in [1.807, 2.05) is 18.2 Å². The number of rotatable bonds is 5. The predicted octanol–water partition coefficient (Wildman–Crippen LogP) is 2.70. The van der Waals surface area contributed by atoms with Crippen LogP contribution in [0.5, 0.6) is 0 Å². The Kier molecular flexibility index (Phi) is 5.57. The number of fused-ring (bicyclic) bond motifs is 2. The number of sulfonamides is 1. The quantitative estimate of drug-likeness (QED) is 0.710. The van der Waals surface area contributed by atoms with Gasteiger partial charge in [-0.25, -0.2) is 17.9 Å². The number of carbonyl (C=O) groups excluding carboxylic acids is 2. The molecule has 1 N–H and O–H groups in total. The molecule has 158 valence electrons. The molecule has 0 aliphatic carbocycles. The molecule has 0 bridgehead atoms. The summed E-state index contributed by atoms with van der Waals surface area (Å²) in [6.45, 7) is 0.885. The van der Waals surface area contributed by atoms with Crippen molar-refractivity contribution < 1.29 is 22.7 Å². The smallest absolute Gasteiger partial charge is 0.339 e. The first-order chi connectivity index (χ1) is 14.3. The largest absolute Gasteiger partial charge is 0.450 e. The summed E-state index contributed by atoms with van der Waals surface area (Å²) in [5, 5.41) is 0.324. The third kappa shape index (κ3) is 3.95. The average Bonchev–Trinajstić information content (AvgIpc) is 3.00. The van der Waals surface area contributed by atoms with E-state index >= 15 is 0 Å². The lowest BCUT2D eigenvalue weighted by molar-refractivity contribution is -0.135. The molecule has 1 saturated heterocycles. The molecule has 0 radical (unpaired) electrons. The van der Waals surface area contributed by atoms with Crippen LogP contribution in [0, 0.1) is 0 Å². The van der Waals surface area contributed by atoms with Crippen LogP contribution in [0.3, 0.4) is 0 Å². The topological polar surface area (TPSA) is 92.8 Å². The van der Waals surface area contributed by atoms with Crippen LogP contribution in [-0.4, -0.2) is 44.8 Å². The summed E-state index contributed by atoms with van der Waals surface area (Å²) in [7, 11) is -3.73. The van der Waals surface area contributed by atoms with Gasteiger partial charge in [-0.1, -0.05) is 35.9 Å². The fourth-order valence-electron chi connectivity index (χ4n) is 4.00. The first-order valence-electron chi connectivity index (χ1n) is 9.67. The first kappa shape index (κ1) is 20.8. The van der Waals surface area contributed by atoms with Crippen molar-refractivity contribution >= 4 is 33.5 Å². The lowest BCUT2D eigenvalue weighted by atomic mass is 9.83. The first-order valence-corrected chi connectivity index (χ1v) is 11.5. The zero-order chi connectivity index (χ0) is 21.4. The number of nitrogens with zero attached hydrogens (tertiary/aromatic N) is 1. The molecule has 2 aliphatic rings. The van der Waals surface area contributed by atoms with Gasteiger partial charge in [0.15, 0.2) is 0 Å². The Morgan fingerprint density at radius 1 is 1.13 bits per heavy atom. The number of esters is 1. The van der Waals surface area contributed by atoms with E-state index in [4.69, 9.17) is 16.3 Å². The lowest BCUT2D eigenvalue weighted by Crippen LogP contribution is -2.46. The van der Waals surface area contributed by atoms with Gasteiger partial charge in [0.25, 0.3) is 0 Å². The van der Waals surface area contributed by atoms with Gasteiger partial charge in [-0.05, 0) is 24.3 Å². The highest BCUT2D eigenvalue weighted by molar-refractivity contribution is 7.89. The standard InChI is InChI=1S/C21H21ClN2O5S/c22-15-4-3-5-16(14-15)30(27,28)23-11-8-19(25)24-12-9-21(10-13-24)18-7-2-1-6-17(18)20(26)29-21/h1-7,14,23H,8-13H2. The maximum absolute atomic E-state index is 12.6. The summed E-state index contributed by atoms with van der Waals surface area (Å²) in [6, 6.07) is 13.3. The highest BCUT2D eigenvalue weighted by Crippen LogP contribution is 2.43. The van der Waals surface area contributed by atoms with E-state index in [9.17, 15) is 18.0 Å². The molecular weight excluding hydrogens is 428 g/mol. The van der Waals surface area contributed by atoms with Gasteiger partial charge in [0, 0.05) is 49.5 Å². The normalized spacial score (nSPS) is 17.6. The number of benzene rings is 2. The molecule has 2 aromatic rings. The third-order valence-corrected chi connectivity index (χ3v) is 7.28. The van der Waals surface area contributed by atoms with Crippen LogP contribution in [0.1, 0.15) is 35.2 Å². The third-order valence-electron chi connectivity index (χ3n) is 5.59. The molecule has 0 atom stereocenters. The summed E-state index contributed by atoms with van der Waals surface area (Å²) >= 11 is 5.84. The zero-order valence-corrected chi connectivity index (χ0v) is 17.7. The lowest BCUT2D eigenvalue weighted by Gasteiger charge is -2.38. The van der Waals surface area contributed by atoms with Crippen molar-refractivity contribution in [1.82, 2.24) is 9.62 Å². The highest BCUT2D eigenvalue weighted by atomic mass is 35.5. The molecule has 30 heavy (non-hydrogen) atoms. The molecule has 1 amide bonds. The zero-order valence-electron chi connectivity index (χ0n) is 16.1. The van der Waals surface area contributed by atoms with Crippen molar-refractivity contribution in [3.05, 3.63) is 64.7 Å². The minimum Gasteiger partial charge on any atom is -0.450 e. The van der Waals surface area contributed by atoms with Gasteiger partial charge < -0.3 is 9.64 Å². The van der Waals surface area contributed by atoms with Crippen LogP contribution in [0.4, 0.5) is 0 Å². The number of ether oxygens (including phenoxy) is 1. The number of carbonyl (C=O) groups is 2. The molecule has 0 aromatic heterocycles. The molecule has 4 rings (SSSR count). The fraction of sp³-hybridized carbons (Fsp3) is 0.333. The Morgan fingerprint density at radius 2 is 1.87 bits per heavy atom. The summed E-state index contributed by atoms with van der Waals surface area (Å²) in [5.74, 6) is -0.461. The Hall–Kier alpha value is -2.42. The molecule has 7 nitrogen and oxygen atoms in total. The van der Waals surface area contributed by atoms with Gasteiger partial charge in [0.2, 0.25) is 15.9 Å². The molecule has 1 fully saturated rings. The maximum atomic E-state index is 12.6. The van der Waals surface area contributed by atoms with Crippen LogP contribution in [0.15, 0.2) is 53.4 Å². The van der Waals surface area contributed by atoms with E-state index in [0.29, 0.717) is 36.5 Å². The van der Waals surface area contributed by atoms with E-state index in [2.05, 4.69) is 4.72 Å². The Bertz CT molecular complexity index is 1090. The number of likely N-dealkylation sites (tertiary alicyclic amines) is 1. The number of piperidine rings is 1. The van der Waals surface area contributed by atoms with E-state index in [1.54, 1.807) is 23.1 Å². The van der Waals surface area contributed by atoms with Crippen LogP contribution in [-0.2, 0) is 25.2 Å². The average molecular weight is 449 g/mol. The van der Waals surface area contributed by atoms with Crippen molar-refractivity contribution in [3.8, 4) is 0 Å². The van der Waals surface area contributed by atoms with Crippen molar-refractivity contribution in [2.45, 2.75) is 29.8 Å². The molecule has 2 heterocycles. The van der Waals surface area contributed by atoms with Crippen LogP contribution < -0.4 is 4.72 Å². The summed E-state index contributed by atoms with van der Waals surface area (Å²) < 4.78 is 32.8. The summed E-state index contributed by atoms with van der Waals surface area (Å²) in [6.07, 6.45) is 1.09. The van der Waals surface area contributed by atoms with Crippen molar-refractivity contribution in [2.24, 2.45) is 0 Å². The van der Waals surface area contributed by atoms with Gasteiger partial charge in [-0.2, -0.15) is 0 Å². The predicted molar refractivity (Wildman–Crippen MR) is 111 cm³/mol. The number of nitrogens with one attached hydrogen (secondary N) is 1.